The van der Waals surface area contributed by atoms with Crippen molar-refractivity contribution in [1.29, 1.82) is 5.26 Å². The van der Waals surface area contributed by atoms with E-state index in [2.05, 4.69) is 11.5 Å². The van der Waals surface area contributed by atoms with Crippen LogP contribution in [0.25, 0.3) is 22.4 Å². The first kappa shape index (κ1) is 30.7. The fraction of sp³-hybridized carbons (Fsp3) is 0.297. The van der Waals surface area contributed by atoms with Crippen LogP contribution in [-0.2, 0) is 4.79 Å². The number of amides is 2. The second-order valence-corrected chi connectivity index (χ2v) is 12.3. The van der Waals surface area contributed by atoms with E-state index in [4.69, 9.17) is 15.5 Å². The number of benzene rings is 3. The minimum atomic E-state index is -0.540. The fourth-order valence-electron chi connectivity index (χ4n) is 6.51. The van der Waals surface area contributed by atoms with Gasteiger partial charge in [-0.1, -0.05) is 74.5 Å². The lowest BCUT2D eigenvalue weighted by Gasteiger charge is -2.37. The summed E-state index contributed by atoms with van der Waals surface area (Å²) in [6.45, 7) is 5.77. The quantitative estimate of drug-likeness (QED) is 0.173. The number of hydrogen-bond acceptors (Lipinski definition) is 6. The molecule has 9 nitrogen and oxygen atoms in total. The lowest BCUT2D eigenvalue weighted by atomic mass is 9.81. The van der Waals surface area contributed by atoms with E-state index in [0.717, 1.165) is 53.3 Å². The summed E-state index contributed by atoms with van der Waals surface area (Å²) in [6, 6.07) is 27.7. The second-order valence-electron chi connectivity index (χ2n) is 12.3. The highest BCUT2D eigenvalue weighted by Crippen LogP contribution is 2.39. The minimum Gasteiger partial charge on any atom is -0.457 e. The predicted molar refractivity (Wildman–Crippen MR) is 178 cm³/mol. The number of para-hydroxylation sites is 1. The molecular formula is C37H38N6O3. The van der Waals surface area contributed by atoms with E-state index in [1.807, 2.05) is 92.7 Å². The van der Waals surface area contributed by atoms with Crippen LogP contribution in [0.3, 0.4) is 0 Å². The van der Waals surface area contributed by atoms with E-state index >= 15 is 0 Å². The third-order valence-corrected chi connectivity index (χ3v) is 8.77. The number of imidazole rings is 1. The standard InChI is InChI=1S/C37H38N6O3/c1-24(2)22-29(23-38)37(45)42-20-17-27(18-21-42)32-16-19-40-43-34(35(39)44)33(41-36(32)43)28-10-8-25(9-11-28)26-12-14-31(15-13-26)46-30-6-4-3-5-7-30/h3-15,22,24,27,32,40H,16-21H2,1-2H3,(H2,39,44)/b29-22+. The number of nitriles is 1. The van der Waals surface area contributed by atoms with Crippen molar-refractivity contribution in [1.82, 2.24) is 14.6 Å². The molecule has 3 N–H and O–H groups in total. The molecule has 6 rings (SSSR count). The molecule has 0 saturated carbocycles. The molecule has 0 aliphatic carbocycles. The molecule has 3 aromatic carbocycles. The Morgan fingerprint density at radius 1 is 0.935 bits per heavy atom. The van der Waals surface area contributed by atoms with Crippen LogP contribution in [0.5, 0.6) is 11.5 Å². The summed E-state index contributed by atoms with van der Waals surface area (Å²) in [4.78, 5) is 32.6. The molecule has 2 amide bonds. The van der Waals surface area contributed by atoms with Crippen LogP contribution in [0.4, 0.5) is 0 Å². The van der Waals surface area contributed by atoms with Crippen LogP contribution in [-0.4, -0.2) is 46.0 Å². The zero-order valence-corrected chi connectivity index (χ0v) is 26.1. The summed E-state index contributed by atoms with van der Waals surface area (Å²) in [5, 5.41) is 9.51. The van der Waals surface area contributed by atoms with Crippen LogP contribution in [0.1, 0.15) is 55.3 Å². The van der Waals surface area contributed by atoms with Gasteiger partial charge in [0.05, 0.1) is 0 Å². The number of ether oxygens (including phenoxy) is 1. The van der Waals surface area contributed by atoms with Crippen molar-refractivity contribution < 1.29 is 14.3 Å². The first-order chi connectivity index (χ1) is 22.3. The number of rotatable bonds is 8. The average Bonchev–Trinajstić information content (AvgIpc) is 3.48. The summed E-state index contributed by atoms with van der Waals surface area (Å²) in [6.07, 6.45) is 4.20. The minimum absolute atomic E-state index is 0.114. The fourth-order valence-corrected chi connectivity index (χ4v) is 6.51. The van der Waals surface area contributed by atoms with Crippen molar-refractivity contribution in [3.63, 3.8) is 0 Å². The van der Waals surface area contributed by atoms with Gasteiger partial charge >= 0.3 is 0 Å². The van der Waals surface area contributed by atoms with E-state index in [1.54, 1.807) is 15.7 Å². The number of nitrogens with one attached hydrogen (secondary N) is 1. The Labute approximate surface area is 269 Å². The van der Waals surface area contributed by atoms with Crippen molar-refractivity contribution in [3.8, 4) is 40.0 Å². The molecule has 0 radical (unpaired) electrons. The van der Waals surface area contributed by atoms with Gasteiger partial charge in [0.2, 0.25) is 0 Å². The second kappa shape index (κ2) is 13.3. The summed E-state index contributed by atoms with van der Waals surface area (Å²) in [5.41, 5.74) is 13.3. The van der Waals surface area contributed by atoms with Gasteiger partial charge in [-0.3, -0.25) is 9.59 Å². The lowest BCUT2D eigenvalue weighted by molar-refractivity contribution is -0.128. The van der Waals surface area contributed by atoms with Gasteiger partial charge in [-0.2, -0.15) is 5.26 Å². The number of allylic oxidation sites excluding steroid dienone is 1. The molecule has 2 aliphatic rings. The summed E-state index contributed by atoms with van der Waals surface area (Å²) in [5.74, 6) is 2.14. The molecule has 2 aliphatic heterocycles. The van der Waals surface area contributed by atoms with Gasteiger partial charge in [-0.15, -0.1) is 0 Å². The third-order valence-electron chi connectivity index (χ3n) is 8.77. The highest BCUT2D eigenvalue weighted by Gasteiger charge is 2.37. The number of likely N-dealkylation sites (tertiary alicyclic amines) is 1. The van der Waals surface area contributed by atoms with Gasteiger partial charge in [0, 0.05) is 31.1 Å². The Bertz CT molecular complexity index is 1780. The Kier molecular flexibility index (Phi) is 8.88. The number of aromatic nitrogens is 2. The molecule has 0 spiro atoms. The highest BCUT2D eigenvalue weighted by molar-refractivity contribution is 5.98. The monoisotopic (exact) mass is 614 g/mol. The van der Waals surface area contributed by atoms with Crippen molar-refractivity contribution >= 4 is 11.8 Å². The van der Waals surface area contributed by atoms with Crippen LogP contribution >= 0.6 is 0 Å². The maximum absolute atomic E-state index is 13.0. The number of hydrogen-bond donors (Lipinski definition) is 2. The molecule has 1 aromatic heterocycles. The largest absolute Gasteiger partial charge is 0.457 e. The lowest BCUT2D eigenvalue weighted by Crippen LogP contribution is -2.42. The average molecular weight is 615 g/mol. The molecular weight excluding hydrogens is 576 g/mol. The zero-order valence-electron chi connectivity index (χ0n) is 26.1. The summed E-state index contributed by atoms with van der Waals surface area (Å²) in [7, 11) is 0. The number of nitrogens with two attached hydrogens (primary N) is 1. The first-order valence-corrected chi connectivity index (χ1v) is 15.8. The van der Waals surface area contributed by atoms with E-state index in [-0.39, 0.29) is 29.2 Å². The maximum atomic E-state index is 13.0. The van der Waals surface area contributed by atoms with E-state index in [9.17, 15) is 14.9 Å². The molecule has 1 atom stereocenters. The maximum Gasteiger partial charge on any atom is 0.269 e. The summed E-state index contributed by atoms with van der Waals surface area (Å²) < 4.78 is 7.70. The van der Waals surface area contributed by atoms with Crippen molar-refractivity contribution in [3.05, 3.63) is 102 Å². The van der Waals surface area contributed by atoms with E-state index in [1.165, 1.54) is 0 Å². The SMILES string of the molecule is CC(C)/C=C(\C#N)C(=O)N1CCC(C2CCNn3c2nc(-c2ccc(-c4ccc(Oc5ccccc5)cc4)cc2)c3C(N)=O)CC1. The molecule has 1 saturated heterocycles. The number of piperidine rings is 1. The van der Waals surface area contributed by atoms with Gasteiger partial charge in [0.25, 0.3) is 11.8 Å². The van der Waals surface area contributed by atoms with Gasteiger partial charge in [0.15, 0.2) is 5.69 Å². The molecule has 3 heterocycles. The Morgan fingerprint density at radius 2 is 1.54 bits per heavy atom. The van der Waals surface area contributed by atoms with Crippen LogP contribution in [0, 0.1) is 23.2 Å². The molecule has 0 bridgehead atoms. The topological polar surface area (TPSA) is 126 Å². The Balaban J connectivity index is 1.19. The number of fused-ring (bicyclic) bond motifs is 1. The van der Waals surface area contributed by atoms with Gasteiger partial charge in [-0.25, -0.2) is 9.66 Å². The molecule has 9 heteroatoms. The number of carbonyl (C=O) groups is 2. The Hall–Kier alpha value is -5.36. The van der Waals surface area contributed by atoms with Crippen molar-refractivity contribution in [2.45, 2.75) is 39.0 Å². The smallest absolute Gasteiger partial charge is 0.269 e. The summed E-state index contributed by atoms with van der Waals surface area (Å²) >= 11 is 0. The van der Waals surface area contributed by atoms with E-state index < -0.39 is 5.91 Å². The third kappa shape index (κ3) is 6.38. The van der Waals surface area contributed by atoms with Crippen molar-refractivity contribution in [2.75, 3.05) is 25.1 Å². The normalized spacial score (nSPS) is 16.8. The van der Waals surface area contributed by atoms with Crippen LogP contribution < -0.4 is 15.9 Å². The van der Waals surface area contributed by atoms with Crippen molar-refractivity contribution in [2.24, 2.45) is 17.6 Å². The highest BCUT2D eigenvalue weighted by atomic mass is 16.5. The van der Waals surface area contributed by atoms with Crippen LogP contribution in [0.15, 0.2) is 90.5 Å². The predicted octanol–water partition coefficient (Wildman–Crippen LogP) is 6.48. The number of nitrogens with zero attached hydrogens (tertiary/aromatic N) is 4. The molecule has 1 fully saturated rings. The zero-order chi connectivity index (χ0) is 32.2. The van der Waals surface area contributed by atoms with Gasteiger partial charge < -0.3 is 20.8 Å². The first-order valence-electron chi connectivity index (χ1n) is 15.8. The Morgan fingerprint density at radius 3 is 2.15 bits per heavy atom. The number of carbonyl (C=O) groups excluding carboxylic acids is 2. The van der Waals surface area contributed by atoms with E-state index in [0.29, 0.717) is 31.0 Å². The molecule has 46 heavy (non-hydrogen) atoms. The number of primary amides is 1. The molecule has 4 aromatic rings. The van der Waals surface area contributed by atoms with Gasteiger partial charge in [-0.05, 0) is 66.5 Å². The van der Waals surface area contributed by atoms with Crippen LogP contribution in [0.2, 0.25) is 0 Å². The van der Waals surface area contributed by atoms with Gasteiger partial charge in [0.1, 0.15) is 34.7 Å². The molecule has 234 valence electrons. The molecule has 1 unspecified atom stereocenters.